The minimum atomic E-state index is -0.366. The number of halogens is 4. The molecule has 2 N–H and O–H groups in total. The first kappa shape index (κ1) is 96.8. The van der Waals surface area contributed by atoms with Gasteiger partial charge in [0.05, 0.1) is 35.9 Å². The second-order valence-electron chi connectivity index (χ2n) is 35.6. The lowest BCUT2D eigenvalue weighted by Crippen LogP contribution is -2.14. The molecular formula is C86H128F4N12S4. The van der Waals surface area contributed by atoms with Crippen LogP contribution in [0, 0.1) is 44.1 Å². The molecule has 20 heteroatoms. The normalized spacial score (nSPS) is 14.3. The molecule has 106 heavy (non-hydrogen) atoms. The number of imidazole rings is 1. The van der Waals surface area contributed by atoms with Crippen LogP contribution >= 0.6 is 45.7 Å². The number of aromatic amines is 2. The molecule has 0 bridgehead atoms. The molecule has 12 nitrogen and oxygen atoms in total. The molecule has 0 fully saturated rings. The molecule has 0 saturated heterocycles. The van der Waals surface area contributed by atoms with Crippen molar-refractivity contribution in [1.82, 2.24) is 38.9 Å². The van der Waals surface area contributed by atoms with E-state index < -0.39 is 0 Å². The van der Waals surface area contributed by atoms with Crippen LogP contribution in [-0.2, 0) is 32.5 Å². The van der Waals surface area contributed by atoms with E-state index in [0.29, 0.717) is 5.56 Å². The molecule has 584 valence electrons. The Bertz CT molecular complexity index is 3770. The smallest absolute Gasteiger partial charge is 0.269 e. The number of thiazole rings is 2. The van der Waals surface area contributed by atoms with Gasteiger partial charge in [-0.1, -0.05) is 294 Å². The number of nitrogens with one attached hydrogen (secondary N) is 2. The standard InChI is InChI=1S/4C10H15N.2C9H14N2.4C7H10FNS/c2*1-5-9-8(6-7-11-9)10(2,3)4;2*1-5-8-6-7-9(11-8)10(2,3)4;1-5-8-10-6-7(11-8)9(2,3)4;1-5-7-6-8(11-10-7)9(2,3)4;1-7(2,3)5-4-10-6(8)9-5;1-7(2,3)5-4-9-6(8)10-5;1-7(2,3)5-4-10-9-6(5)8;1-7(2,3)5-4-6(8)9-10-5/h2*5-6H,1,7H2,2-4H3;2*5,7H,1,6H2,2-4H3;2*5-6H,1H2,2-4H3,(H,10,11);4*4H,1-3H3. The largest absolute Gasteiger partial charge is 0.342 e. The van der Waals surface area contributed by atoms with Gasteiger partial charge in [-0.05, 0) is 104 Å². The van der Waals surface area contributed by atoms with Crippen molar-refractivity contribution in [2.24, 2.45) is 41.6 Å². The zero-order valence-corrected chi connectivity index (χ0v) is 73.2. The molecule has 0 unspecified atom stereocenters. The van der Waals surface area contributed by atoms with Crippen molar-refractivity contribution in [3.63, 3.8) is 0 Å². The molecular weight excluding hydrogens is 1410 g/mol. The topological polar surface area (TPSA) is 158 Å². The number of H-pyrrole nitrogens is 2. The van der Waals surface area contributed by atoms with Gasteiger partial charge in [-0.25, -0.2) is 15.0 Å². The Morgan fingerprint density at radius 2 is 0.915 bits per heavy atom. The number of aliphatic imine (C=N–C) groups is 4. The van der Waals surface area contributed by atoms with E-state index in [9.17, 15) is 17.6 Å². The van der Waals surface area contributed by atoms with Gasteiger partial charge in [-0.3, -0.25) is 25.1 Å². The minimum Gasteiger partial charge on any atom is -0.342 e. The van der Waals surface area contributed by atoms with E-state index in [4.69, 9.17) is 0 Å². The molecule has 6 aromatic heterocycles. The molecule has 0 saturated carbocycles. The van der Waals surface area contributed by atoms with Crippen molar-refractivity contribution in [1.29, 1.82) is 0 Å². The number of rotatable bonds is 6. The molecule has 4 aliphatic rings. The van der Waals surface area contributed by atoms with Gasteiger partial charge in [-0.15, -0.1) is 0 Å². The summed E-state index contributed by atoms with van der Waals surface area (Å²) in [5.74, 6) is 0.155. The van der Waals surface area contributed by atoms with Crippen LogP contribution in [0.2, 0.25) is 0 Å². The monoisotopic (exact) mass is 1530 g/mol. The van der Waals surface area contributed by atoms with E-state index in [2.05, 4.69) is 247 Å². The average Bonchev–Trinajstić information content (AvgIpc) is 1.71. The molecule has 0 atom stereocenters. The number of allylic oxidation sites excluding steroid dienone is 10. The lowest BCUT2D eigenvalue weighted by atomic mass is 9.84. The Balaban J connectivity index is 0.000000589. The van der Waals surface area contributed by atoms with Gasteiger partial charge < -0.3 is 4.98 Å². The number of hydrogen-bond acceptors (Lipinski definition) is 14. The van der Waals surface area contributed by atoms with Crippen LogP contribution < -0.4 is 0 Å². The van der Waals surface area contributed by atoms with Crippen molar-refractivity contribution in [3.05, 3.63) is 212 Å². The Morgan fingerprint density at radius 1 is 0.443 bits per heavy atom. The third-order valence-electron chi connectivity index (χ3n) is 15.4. The van der Waals surface area contributed by atoms with Crippen LogP contribution in [0.5, 0.6) is 0 Å². The highest BCUT2D eigenvalue weighted by Crippen LogP contribution is 2.34. The van der Waals surface area contributed by atoms with Gasteiger partial charge in [0, 0.05) is 119 Å². The molecule has 0 amide bonds. The van der Waals surface area contributed by atoms with Gasteiger partial charge >= 0.3 is 0 Å². The first-order valence-electron chi connectivity index (χ1n) is 35.7. The highest BCUT2D eigenvalue weighted by molar-refractivity contribution is 7.10. The van der Waals surface area contributed by atoms with Crippen molar-refractivity contribution < 1.29 is 17.6 Å². The fourth-order valence-electron chi connectivity index (χ4n) is 8.84. The SMILES string of the molecule is C=CC1=NC(C(C)(C)C)=CC1.C=CC1=NC(C(C)(C)C)=CC1.C=CC1=NCC=C1C(C)(C)C.C=CC1=NCC=C1C(C)(C)C.C=Cc1cc(C(C)(C)C)[nH]n1.C=Cc1ncc(C(C)(C)C)[nH]1.CC(C)(C)c1cc(F)ns1.CC(C)(C)c1cnc(F)s1.CC(C)(C)c1csc(F)n1.CC(C)(C)c1csnc1F. The lowest BCUT2D eigenvalue weighted by molar-refractivity contribution is 0.499. The van der Waals surface area contributed by atoms with Crippen LogP contribution in [0.25, 0.3) is 12.2 Å². The molecule has 4 aliphatic heterocycles. The summed E-state index contributed by atoms with van der Waals surface area (Å²) in [6.45, 7) is 87.1. The summed E-state index contributed by atoms with van der Waals surface area (Å²) in [5.41, 5.74) is 15.1. The molecule has 0 aliphatic carbocycles. The summed E-state index contributed by atoms with van der Waals surface area (Å²) in [7, 11) is 0. The maximum atomic E-state index is 12.7. The van der Waals surface area contributed by atoms with Gasteiger partial charge in [0.25, 0.3) is 10.5 Å². The molecule has 10 rings (SSSR count). The fourth-order valence-corrected chi connectivity index (χ4v) is 11.8. The van der Waals surface area contributed by atoms with Crippen molar-refractivity contribution in [3.8, 4) is 0 Å². The van der Waals surface area contributed by atoms with Gasteiger partial charge in [-0.2, -0.15) is 31.4 Å². The summed E-state index contributed by atoms with van der Waals surface area (Å²) in [5, 5.41) is 9.87. The minimum absolute atomic E-state index is 0.0269. The molecule has 6 aromatic rings. The van der Waals surface area contributed by atoms with E-state index in [1.807, 2.05) is 120 Å². The fraction of sp³-hybridized carbons (Fsp3) is 0.512. The summed E-state index contributed by atoms with van der Waals surface area (Å²) in [6.07, 6.45) is 24.9. The highest BCUT2D eigenvalue weighted by Gasteiger charge is 2.26. The predicted molar refractivity (Wildman–Crippen MR) is 457 cm³/mol. The quantitative estimate of drug-likeness (QED) is 0.158. The maximum absolute atomic E-state index is 12.7. The van der Waals surface area contributed by atoms with E-state index in [0.717, 1.165) is 110 Å². The van der Waals surface area contributed by atoms with Crippen LogP contribution in [-0.4, -0.2) is 74.8 Å². The van der Waals surface area contributed by atoms with Crippen LogP contribution in [0.1, 0.15) is 264 Å². The first-order chi connectivity index (χ1) is 48.3. The molecule has 10 heterocycles. The average molecular weight is 1530 g/mol. The summed E-state index contributed by atoms with van der Waals surface area (Å²) < 4.78 is 56.9. The van der Waals surface area contributed by atoms with Gasteiger partial charge in [0.1, 0.15) is 5.82 Å². The second kappa shape index (κ2) is 41.3. The van der Waals surface area contributed by atoms with Crippen molar-refractivity contribution in [2.45, 2.75) is 253 Å². The number of aromatic nitrogens is 8. The Hall–Kier alpha value is -7.26. The molecule has 0 aromatic carbocycles. The third kappa shape index (κ3) is 35.6. The van der Waals surface area contributed by atoms with Crippen molar-refractivity contribution in [2.75, 3.05) is 13.1 Å². The van der Waals surface area contributed by atoms with Crippen LogP contribution in [0.15, 0.2) is 166 Å². The van der Waals surface area contributed by atoms with Crippen LogP contribution in [0.3, 0.4) is 0 Å². The highest BCUT2D eigenvalue weighted by atomic mass is 32.1. The Kier molecular flexibility index (Phi) is 37.7. The van der Waals surface area contributed by atoms with E-state index in [1.54, 1.807) is 29.1 Å². The zero-order chi connectivity index (χ0) is 82.0. The van der Waals surface area contributed by atoms with E-state index in [-0.39, 0.29) is 76.6 Å². The molecule has 0 radical (unpaired) electrons. The predicted octanol–water partition coefficient (Wildman–Crippen LogP) is 26.1. The maximum Gasteiger partial charge on any atom is 0.269 e. The molecule has 0 spiro atoms. The summed E-state index contributed by atoms with van der Waals surface area (Å²) in [4.78, 5) is 34.0. The van der Waals surface area contributed by atoms with Crippen molar-refractivity contribution >= 4 is 80.7 Å². The number of hydrogen-bond donors (Lipinski definition) is 2. The Morgan fingerprint density at radius 3 is 1.11 bits per heavy atom. The third-order valence-corrected chi connectivity index (χ3v) is 19.1. The van der Waals surface area contributed by atoms with Crippen LogP contribution in [0.4, 0.5) is 17.6 Å². The van der Waals surface area contributed by atoms with Gasteiger partial charge in [0.2, 0.25) is 11.9 Å². The Labute approximate surface area is 652 Å². The summed E-state index contributed by atoms with van der Waals surface area (Å²) in [6, 6.07) is 3.51. The van der Waals surface area contributed by atoms with E-state index in [1.165, 1.54) is 51.7 Å². The zero-order valence-electron chi connectivity index (χ0n) is 69.9. The second-order valence-corrected chi connectivity index (χ2v) is 38.8. The van der Waals surface area contributed by atoms with Gasteiger partial charge in [0.15, 0.2) is 0 Å². The van der Waals surface area contributed by atoms with E-state index >= 15 is 0 Å². The lowest BCUT2D eigenvalue weighted by Gasteiger charge is -2.20. The first-order valence-corrected chi connectivity index (χ1v) is 39.0. The summed E-state index contributed by atoms with van der Waals surface area (Å²) >= 11 is 4.57. The number of nitrogens with zero attached hydrogens (tertiary/aromatic N) is 10.